The summed E-state index contributed by atoms with van der Waals surface area (Å²) in [4.78, 5) is 14.6. The molecule has 14 heavy (non-hydrogen) atoms. The van der Waals surface area contributed by atoms with Gasteiger partial charge in [0.2, 0.25) is 5.95 Å². The highest BCUT2D eigenvalue weighted by Gasteiger charge is 2.12. The third kappa shape index (κ3) is 2.25. The molecule has 0 aliphatic carbocycles. The summed E-state index contributed by atoms with van der Waals surface area (Å²) in [5, 5.41) is 11.8. The van der Waals surface area contributed by atoms with Crippen LogP contribution in [0.2, 0.25) is 0 Å². The second-order valence-electron chi connectivity index (χ2n) is 3.34. The van der Waals surface area contributed by atoms with Gasteiger partial charge in [-0.25, -0.2) is 9.78 Å². The van der Waals surface area contributed by atoms with Gasteiger partial charge >= 0.3 is 5.97 Å². The molecule has 78 valence electrons. The van der Waals surface area contributed by atoms with Crippen molar-refractivity contribution in [2.24, 2.45) is 0 Å². The molecule has 0 spiro atoms. The first-order valence-corrected chi connectivity index (χ1v) is 4.61. The Labute approximate surface area is 82.8 Å². The summed E-state index contributed by atoms with van der Waals surface area (Å²) in [5.41, 5.74) is 0.0787. The second kappa shape index (κ2) is 4.13. The first kappa shape index (κ1) is 10.6. The van der Waals surface area contributed by atoms with Crippen LogP contribution in [0.4, 0.5) is 5.95 Å². The Balaban J connectivity index is 2.96. The number of carbonyl (C=O) groups is 1. The third-order valence-electron chi connectivity index (χ3n) is 1.75. The van der Waals surface area contributed by atoms with Gasteiger partial charge in [-0.05, 0) is 20.8 Å². The first-order chi connectivity index (χ1) is 6.54. The highest BCUT2D eigenvalue weighted by molar-refractivity contribution is 5.85. The summed E-state index contributed by atoms with van der Waals surface area (Å²) in [7, 11) is 0. The topological polar surface area (TPSA) is 67.2 Å². The molecule has 0 aromatic carbocycles. The lowest BCUT2D eigenvalue weighted by molar-refractivity contribution is 0.0691. The quantitative estimate of drug-likeness (QED) is 0.766. The molecule has 0 unspecified atom stereocenters. The molecule has 0 saturated carbocycles. The first-order valence-electron chi connectivity index (χ1n) is 4.61. The predicted molar refractivity (Wildman–Crippen MR) is 53.6 cm³/mol. The van der Waals surface area contributed by atoms with Crippen LogP contribution in [0.1, 0.15) is 31.3 Å². The minimum absolute atomic E-state index is 0.0787. The van der Waals surface area contributed by atoms with E-state index in [0.29, 0.717) is 12.5 Å². The third-order valence-corrected chi connectivity index (χ3v) is 1.75. The maximum atomic E-state index is 10.7. The summed E-state index contributed by atoms with van der Waals surface area (Å²) in [5.74, 6) is -0.385. The number of hydrogen-bond donors (Lipinski definition) is 2. The molecular weight excluding hydrogens is 182 g/mol. The van der Waals surface area contributed by atoms with E-state index in [1.165, 1.54) is 6.20 Å². The molecule has 0 bridgehead atoms. The fourth-order valence-corrected chi connectivity index (χ4v) is 1.13. The standard InChI is InChI=1S/C9H15N3O2/c1-4-12-5-7(8(13)14)11-9(12)10-6(2)3/h5-6H,4H2,1-3H3,(H,10,11)(H,13,14). The Hall–Kier alpha value is -1.52. The van der Waals surface area contributed by atoms with Gasteiger partial charge in [0.15, 0.2) is 5.69 Å². The van der Waals surface area contributed by atoms with Crippen LogP contribution in [0, 0.1) is 0 Å². The molecule has 1 heterocycles. The SMILES string of the molecule is CCn1cc(C(=O)O)nc1NC(C)C. The Kier molecular flexibility index (Phi) is 3.11. The number of nitrogens with zero attached hydrogens (tertiary/aromatic N) is 2. The molecule has 1 rings (SSSR count). The van der Waals surface area contributed by atoms with Crippen molar-refractivity contribution >= 4 is 11.9 Å². The Morgan fingerprint density at radius 2 is 2.36 bits per heavy atom. The van der Waals surface area contributed by atoms with E-state index in [-0.39, 0.29) is 11.7 Å². The number of imidazole rings is 1. The maximum absolute atomic E-state index is 10.7. The molecule has 0 atom stereocenters. The number of rotatable bonds is 4. The molecule has 0 aliphatic heterocycles. The molecule has 0 saturated heterocycles. The van der Waals surface area contributed by atoms with E-state index in [1.54, 1.807) is 4.57 Å². The molecule has 5 nitrogen and oxygen atoms in total. The van der Waals surface area contributed by atoms with Crippen LogP contribution in [0.25, 0.3) is 0 Å². The molecule has 1 aromatic heterocycles. The van der Waals surface area contributed by atoms with Crippen LogP contribution >= 0.6 is 0 Å². The van der Waals surface area contributed by atoms with Crippen LogP contribution < -0.4 is 5.32 Å². The van der Waals surface area contributed by atoms with Gasteiger partial charge in [-0.15, -0.1) is 0 Å². The van der Waals surface area contributed by atoms with Gasteiger partial charge in [-0.2, -0.15) is 0 Å². The van der Waals surface area contributed by atoms with Gasteiger partial charge in [0.25, 0.3) is 0 Å². The van der Waals surface area contributed by atoms with Crippen molar-refractivity contribution in [1.82, 2.24) is 9.55 Å². The summed E-state index contributed by atoms with van der Waals surface area (Å²) < 4.78 is 1.78. The van der Waals surface area contributed by atoms with Crippen molar-refractivity contribution in [3.8, 4) is 0 Å². The number of aryl methyl sites for hydroxylation is 1. The van der Waals surface area contributed by atoms with E-state index in [9.17, 15) is 4.79 Å². The van der Waals surface area contributed by atoms with Crippen LogP contribution in [0.15, 0.2) is 6.20 Å². The normalized spacial score (nSPS) is 10.6. The Bertz CT molecular complexity index is 331. The zero-order chi connectivity index (χ0) is 10.7. The Morgan fingerprint density at radius 1 is 1.71 bits per heavy atom. The molecule has 5 heteroatoms. The van der Waals surface area contributed by atoms with E-state index in [1.807, 2.05) is 20.8 Å². The van der Waals surface area contributed by atoms with Crippen LogP contribution in [-0.4, -0.2) is 26.7 Å². The van der Waals surface area contributed by atoms with Crippen molar-refractivity contribution in [2.45, 2.75) is 33.4 Å². The van der Waals surface area contributed by atoms with E-state index in [0.717, 1.165) is 0 Å². The number of carboxylic acids is 1. The number of aromatic carboxylic acids is 1. The van der Waals surface area contributed by atoms with Crippen molar-refractivity contribution in [3.63, 3.8) is 0 Å². The summed E-state index contributed by atoms with van der Waals surface area (Å²) >= 11 is 0. The highest BCUT2D eigenvalue weighted by Crippen LogP contribution is 2.10. The fourth-order valence-electron chi connectivity index (χ4n) is 1.13. The number of hydrogen-bond acceptors (Lipinski definition) is 3. The molecule has 0 radical (unpaired) electrons. The molecule has 2 N–H and O–H groups in total. The zero-order valence-electron chi connectivity index (χ0n) is 8.61. The van der Waals surface area contributed by atoms with E-state index in [4.69, 9.17) is 5.11 Å². The van der Waals surface area contributed by atoms with E-state index in [2.05, 4.69) is 10.3 Å². The zero-order valence-corrected chi connectivity index (χ0v) is 8.61. The number of carboxylic acid groups (broad SMARTS) is 1. The van der Waals surface area contributed by atoms with Crippen molar-refractivity contribution < 1.29 is 9.90 Å². The Morgan fingerprint density at radius 3 is 2.79 bits per heavy atom. The monoisotopic (exact) mass is 197 g/mol. The summed E-state index contributed by atoms with van der Waals surface area (Å²) in [6, 6.07) is 0.240. The van der Waals surface area contributed by atoms with Gasteiger partial charge in [-0.3, -0.25) is 0 Å². The number of nitrogens with one attached hydrogen (secondary N) is 1. The number of aromatic nitrogens is 2. The van der Waals surface area contributed by atoms with Gasteiger partial charge in [-0.1, -0.05) is 0 Å². The molecule has 0 amide bonds. The van der Waals surface area contributed by atoms with Crippen molar-refractivity contribution in [1.29, 1.82) is 0 Å². The molecule has 1 aromatic rings. The molecule has 0 aliphatic rings. The predicted octanol–water partition coefficient (Wildman–Crippen LogP) is 1.42. The van der Waals surface area contributed by atoms with Gasteiger partial charge in [0, 0.05) is 18.8 Å². The largest absolute Gasteiger partial charge is 0.476 e. The van der Waals surface area contributed by atoms with Gasteiger partial charge < -0.3 is 15.0 Å². The lowest BCUT2D eigenvalue weighted by Gasteiger charge is -2.09. The van der Waals surface area contributed by atoms with Crippen LogP contribution in [0.3, 0.4) is 0 Å². The second-order valence-corrected chi connectivity index (χ2v) is 3.34. The fraction of sp³-hybridized carbons (Fsp3) is 0.556. The minimum Gasteiger partial charge on any atom is -0.476 e. The van der Waals surface area contributed by atoms with Crippen LogP contribution in [0.5, 0.6) is 0 Å². The lowest BCUT2D eigenvalue weighted by atomic mass is 10.4. The maximum Gasteiger partial charge on any atom is 0.356 e. The molecular formula is C9H15N3O2. The van der Waals surface area contributed by atoms with Gasteiger partial charge in [0.1, 0.15) is 0 Å². The van der Waals surface area contributed by atoms with Crippen LogP contribution in [-0.2, 0) is 6.54 Å². The lowest BCUT2D eigenvalue weighted by Crippen LogP contribution is -2.14. The van der Waals surface area contributed by atoms with Gasteiger partial charge in [0.05, 0.1) is 0 Å². The average molecular weight is 197 g/mol. The van der Waals surface area contributed by atoms with E-state index < -0.39 is 5.97 Å². The smallest absolute Gasteiger partial charge is 0.356 e. The molecule has 0 fully saturated rings. The highest BCUT2D eigenvalue weighted by atomic mass is 16.4. The van der Waals surface area contributed by atoms with Crippen molar-refractivity contribution in [3.05, 3.63) is 11.9 Å². The van der Waals surface area contributed by atoms with E-state index >= 15 is 0 Å². The summed E-state index contributed by atoms with van der Waals surface area (Å²) in [6.07, 6.45) is 1.53. The minimum atomic E-state index is -0.996. The summed E-state index contributed by atoms with van der Waals surface area (Å²) in [6.45, 7) is 6.61. The van der Waals surface area contributed by atoms with Crippen molar-refractivity contribution in [2.75, 3.05) is 5.32 Å². The average Bonchev–Trinajstić information content (AvgIpc) is 2.46. The number of anilines is 1.